The number of halogens is 1. The van der Waals surface area contributed by atoms with Gasteiger partial charge in [0.25, 0.3) is 5.69 Å². The minimum absolute atomic E-state index is 0.0108. The number of aliphatic hydroxyl groups is 5. The van der Waals surface area contributed by atoms with E-state index in [1.807, 2.05) is 29.5 Å². The molecule has 2 bridgehead atoms. The standard InChI is InChI=1S/C63H78IN3O24S3/c1-12-66(34(6)68)39-29-85-47(25-43(39)79-7)90-57-52(73)37(28-84-46-24-40(69)59(33(5)86-46)93-60(75)48-30(2)50(64)55(58(83-11)54(48)81-9)91-61-53(74)56(82-10)51(72)32(4)88-61)31(3)87-62(57)89-42-17-15-13-14-16-21-63(76)26-41(70)36(23-45(71)80-8)49(42)38(63)20-22-92-94-44-19-18-35(27-65-44)67(77)78/h13-14,18-20,27,31-33,37,39-40,42-43,46-47,51-53,56-57,59,61-62,69,72-74,76H,12,22-26,28-29H2,1-11H3/b14-13-,38-20+. The van der Waals surface area contributed by atoms with Crippen molar-refractivity contribution in [3.8, 4) is 40.9 Å². The van der Waals surface area contributed by atoms with Gasteiger partial charge in [-0.2, -0.15) is 0 Å². The minimum Gasteiger partial charge on any atom is -0.492 e. The van der Waals surface area contributed by atoms with Crippen molar-refractivity contribution in [1.82, 2.24) is 9.88 Å². The molecule has 5 heterocycles. The molecular formula is C63H78IN3O24S3. The molecule has 4 aliphatic heterocycles. The summed E-state index contributed by atoms with van der Waals surface area (Å²) < 4.78 is 79.6. The third-order valence-electron chi connectivity index (χ3n) is 16.9. The number of carbonyl (C=O) groups is 4. The van der Waals surface area contributed by atoms with Gasteiger partial charge in [-0.1, -0.05) is 52.3 Å². The Bertz CT molecular complexity index is 3310. The normalized spacial score (nSPS) is 33.2. The number of likely N-dealkylation sites (N-methyl/N-ethyl adjacent to an activating group) is 1. The van der Waals surface area contributed by atoms with Crippen LogP contribution < -0.4 is 14.2 Å². The highest BCUT2D eigenvalue weighted by molar-refractivity contribution is 14.1. The van der Waals surface area contributed by atoms with Gasteiger partial charge in [-0.25, -0.2) is 4.98 Å². The highest BCUT2D eigenvalue weighted by Crippen LogP contribution is 2.49. The van der Waals surface area contributed by atoms with Crippen LogP contribution in [0.1, 0.15) is 76.2 Å². The van der Waals surface area contributed by atoms with Crippen molar-refractivity contribution in [2.75, 3.05) is 61.1 Å². The Hall–Kier alpha value is -4.99. The zero-order valence-corrected chi connectivity index (χ0v) is 58.1. The predicted octanol–water partition coefficient (Wildman–Crippen LogP) is 4.53. The summed E-state index contributed by atoms with van der Waals surface area (Å²) in [4.78, 5) is 71.4. The monoisotopic (exact) mass is 1480 g/mol. The van der Waals surface area contributed by atoms with Crippen LogP contribution in [-0.2, 0) is 61.8 Å². The first-order valence-electron chi connectivity index (χ1n) is 30.1. The Morgan fingerprint density at radius 2 is 1.63 bits per heavy atom. The Kier molecular flexibility index (Phi) is 26.7. The number of pyridine rings is 1. The SMILES string of the molecule is CCN(C(C)=O)C1COC(OC2C(OC3C#C/C=C\C#CC4(O)CC(=O)C(CC(=O)OC)=C3/C4=C\CSSc3ccc([N+](=O)[O-])cn3)OC(C)C(COC3CC(O)C(SC(=O)c4c(C)c(I)c(OC5OC(C)C(O)C(OC)C5O)c(OC)c4OC)C(C)O3)C2O)CC1OC. The number of carbonyl (C=O) groups excluding carboxylic acids is 4. The van der Waals surface area contributed by atoms with E-state index in [-0.39, 0.29) is 82.9 Å². The van der Waals surface area contributed by atoms with Crippen molar-refractivity contribution in [2.45, 2.75) is 181 Å². The van der Waals surface area contributed by atoms with Gasteiger partial charge in [0.05, 0.1) is 109 Å². The molecule has 4 saturated heterocycles. The molecule has 19 unspecified atom stereocenters. The number of Topliss-reactive ketones (excluding diaryl/α,β-unsaturated/α-hetero) is 1. The molecule has 0 spiro atoms. The lowest BCUT2D eigenvalue weighted by Crippen LogP contribution is -2.60. The molecule has 0 saturated carbocycles. The molecule has 0 radical (unpaired) electrons. The minimum atomic E-state index is -2.16. The number of nitro groups is 1. The van der Waals surface area contributed by atoms with E-state index in [1.165, 1.54) is 81.2 Å². The Balaban J connectivity index is 1.05. The molecule has 1 amide bonds. The van der Waals surface area contributed by atoms with Crippen molar-refractivity contribution < 1.29 is 111 Å². The van der Waals surface area contributed by atoms with Crippen LogP contribution in [0.25, 0.3) is 0 Å². The maximum absolute atomic E-state index is 14.5. The summed E-state index contributed by atoms with van der Waals surface area (Å²) in [5, 5.41) is 69.1. The van der Waals surface area contributed by atoms with Crippen molar-refractivity contribution in [3.63, 3.8) is 0 Å². The van der Waals surface area contributed by atoms with Gasteiger partial charge in [0.2, 0.25) is 23.1 Å². The number of nitrogens with zero attached hydrogens (tertiary/aromatic N) is 3. The summed E-state index contributed by atoms with van der Waals surface area (Å²) in [6, 6.07) is 2.30. The maximum Gasteiger partial charge on any atom is 0.310 e. The first-order chi connectivity index (χ1) is 44.8. The number of fused-ring (bicyclic) bond motifs is 2. The molecule has 8 rings (SSSR count). The third kappa shape index (κ3) is 16.9. The molecular weight excluding hydrogens is 1410 g/mol. The molecule has 1 aromatic heterocycles. The number of aromatic nitrogens is 1. The molecule has 27 nitrogen and oxygen atoms in total. The number of ether oxygens (including phenoxy) is 13. The number of benzene rings is 1. The number of esters is 1. The number of amides is 1. The summed E-state index contributed by atoms with van der Waals surface area (Å²) in [6.07, 6.45) is -13.2. The summed E-state index contributed by atoms with van der Waals surface area (Å²) in [6.45, 7) is 9.97. The van der Waals surface area contributed by atoms with E-state index in [0.717, 1.165) is 25.1 Å². The Labute approximate surface area is 569 Å². The quantitative estimate of drug-likeness (QED) is 0.0183. The Morgan fingerprint density at radius 1 is 0.904 bits per heavy atom. The highest BCUT2D eigenvalue weighted by Gasteiger charge is 2.52. The van der Waals surface area contributed by atoms with Crippen molar-refractivity contribution in [3.05, 3.63) is 78.1 Å². The molecule has 2 aliphatic carbocycles. The van der Waals surface area contributed by atoms with Gasteiger partial charge in [0, 0.05) is 75.0 Å². The number of ketones is 1. The predicted molar refractivity (Wildman–Crippen MR) is 347 cm³/mol. The van der Waals surface area contributed by atoms with E-state index < -0.39 is 150 Å². The van der Waals surface area contributed by atoms with E-state index in [2.05, 4.69) is 28.7 Å². The molecule has 4 fully saturated rings. The van der Waals surface area contributed by atoms with Crippen molar-refractivity contribution in [1.29, 1.82) is 0 Å². The van der Waals surface area contributed by atoms with Crippen molar-refractivity contribution >= 4 is 84.4 Å². The number of allylic oxidation sites excluding steroid dienone is 2. The smallest absolute Gasteiger partial charge is 0.310 e. The van der Waals surface area contributed by atoms with Gasteiger partial charge in [-0.3, -0.25) is 29.3 Å². The second-order valence-electron chi connectivity index (χ2n) is 22.7. The first-order valence-corrected chi connectivity index (χ1v) is 34.3. The van der Waals surface area contributed by atoms with Crippen LogP contribution in [0.3, 0.4) is 0 Å². The fourth-order valence-electron chi connectivity index (χ4n) is 12.0. The van der Waals surface area contributed by atoms with Crippen LogP contribution in [0.2, 0.25) is 0 Å². The van der Waals surface area contributed by atoms with E-state index >= 15 is 0 Å². The number of aliphatic hydroxyl groups excluding tert-OH is 4. The van der Waals surface area contributed by atoms with Crippen LogP contribution >= 0.6 is 55.9 Å². The topological polar surface area (TPSA) is 349 Å². The third-order valence-corrected chi connectivity index (χ3v) is 21.7. The summed E-state index contributed by atoms with van der Waals surface area (Å²) in [5.74, 6) is 9.14. The molecule has 94 heavy (non-hydrogen) atoms. The van der Waals surface area contributed by atoms with E-state index in [1.54, 1.807) is 38.7 Å². The summed E-state index contributed by atoms with van der Waals surface area (Å²) in [7, 11) is 9.12. The van der Waals surface area contributed by atoms with Crippen LogP contribution in [0, 0.1) is 50.2 Å². The zero-order chi connectivity index (χ0) is 68.5. The second-order valence-corrected chi connectivity index (χ2v) is 27.3. The molecule has 2 aromatic rings. The largest absolute Gasteiger partial charge is 0.492 e. The number of rotatable bonds is 24. The second kappa shape index (κ2) is 33.5. The molecule has 1 aromatic carbocycles. The number of thioether (sulfide) groups is 1. The molecule has 6 aliphatic rings. The zero-order valence-electron chi connectivity index (χ0n) is 53.5. The van der Waals surface area contributed by atoms with E-state index in [9.17, 15) is 54.8 Å². The summed E-state index contributed by atoms with van der Waals surface area (Å²) >= 11 is 2.81. The maximum atomic E-state index is 14.5. The molecule has 514 valence electrons. The fraction of sp³-hybridized carbons (Fsp3) is 0.603. The average Bonchev–Trinajstić information content (AvgIpc) is 0.764. The molecule has 19 atom stereocenters. The van der Waals surface area contributed by atoms with Crippen LogP contribution in [-0.4, -0.2) is 233 Å². The van der Waals surface area contributed by atoms with Crippen LogP contribution in [0.5, 0.6) is 17.2 Å². The number of hydrogen-bond donors (Lipinski definition) is 5. The lowest BCUT2D eigenvalue weighted by atomic mass is 9.72. The molecule has 5 N–H and O–H groups in total. The van der Waals surface area contributed by atoms with Gasteiger partial charge >= 0.3 is 5.97 Å². The van der Waals surface area contributed by atoms with E-state index in [4.69, 9.17) is 61.6 Å². The lowest BCUT2D eigenvalue weighted by molar-refractivity contribution is -0.385. The van der Waals surface area contributed by atoms with Crippen LogP contribution in [0.15, 0.2) is 58.3 Å². The van der Waals surface area contributed by atoms with Gasteiger partial charge in [0.1, 0.15) is 41.7 Å². The highest BCUT2D eigenvalue weighted by atomic mass is 127. The first kappa shape index (κ1) is 74.8. The fourth-order valence-corrected chi connectivity index (χ4v) is 15.5. The van der Waals surface area contributed by atoms with Gasteiger partial charge in [0.15, 0.2) is 41.8 Å². The van der Waals surface area contributed by atoms with Crippen molar-refractivity contribution in [2.24, 2.45) is 5.92 Å². The number of methoxy groups -OCH3 is 5. The van der Waals surface area contributed by atoms with Gasteiger partial charge < -0.3 is 92.0 Å². The van der Waals surface area contributed by atoms with E-state index in [0.29, 0.717) is 20.7 Å². The van der Waals surface area contributed by atoms with Gasteiger partial charge in [-0.15, -0.1) is 0 Å². The lowest BCUT2D eigenvalue weighted by Gasteiger charge is -2.47. The average molecular weight is 1480 g/mol. The summed E-state index contributed by atoms with van der Waals surface area (Å²) in [5.41, 5.74) is -1.86. The van der Waals surface area contributed by atoms with Gasteiger partial charge in [-0.05, 0) is 91.8 Å². The number of hydrogen-bond acceptors (Lipinski definition) is 28. The molecule has 31 heteroatoms. The Morgan fingerprint density at radius 3 is 2.27 bits per heavy atom. The van der Waals surface area contributed by atoms with Crippen LogP contribution in [0.4, 0.5) is 5.69 Å².